The molecule has 28 heavy (non-hydrogen) atoms. The van der Waals surface area contributed by atoms with Crippen molar-refractivity contribution >= 4 is 11.6 Å². The second-order valence-electron chi connectivity index (χ2n) is 6.40. The van der Waals surface area contributed by atoms with Crippen molar-refractivity contribution in [3.05, 3.63) is 54.7 Å². The molecule has 1 atom stereocenters. The maximum atomic E-state index is 9.31. The molecule has 3 aromatic rings. The summed E-state index contributed by atoms with van der Waals surface area (Å²) in [7, 11) is 0. The van der Waals surface area contributed by atoms with Crippen LogP contribution >= 0.6 is 0 Å². The van der Waals surface area contributed by atoms with Gasteiger partial charge in [-0.05, 0) is 31.5 Å². The molecule has 4 heterocycles. The van der Waals surface area contributed by atoms with Crippen molar-refractivity contribution in [1.29, 1.82) is 5.26 Å². The lowest BCUT2D eigenvalue weighted by Crippen LogP contribution is -2.37. The van der Waals surface area contributed by atoms with Gasteiger partial charge in [-0.3, -0.25) is 4.98 Å². The number of rotatable bonds is 5. The summed E-state index contributed by atoms with van der Waals surface area (Å²) < 4.78 is 6.00. The average Bonchev–Trinajstić information content (AvgIpc) is 2.76. The largest absolute Gasteiger partial charge is 0.486 e. The van der Waals surface area contributed by atoms with Gasteiger partial charge in [0.25, 0.3) is 0 Å². The molecule has 0 spiro atoms. The zero-order chi connectivity index (χ0) is 19.2. The molecule has 0 bridgehead atoms. The van der Waals surface area contributed by atoms with Crippen LogP contribution in [0.1, 0.15) is 18.5 Å². The Morgan fingerprint density at radius 1 is 1.14 bits per heavy atom. The molecule has 1 aliphatic heterocycles. The SMILES string of the molecule is N#Cc1ncc(Nc2ncc(-c3ccccn3)cn2)cc1OC1CCCNC1. The molecule has 8 nitrogen and oxygen atoms in total. The third kappa shape index (κ3) is 4.22. The van der Waals surface area contributed by atoms with Gasteiger partial charge in [0.15, 0.2) is 11.4 Å². The molecule has 3 aromatic heterocycles. The van der Waals surface area contributed by atoms with Gasteiger partial charge in [-0.15, -0.1) is 0 Å². The highest BCUT2D eigenvalue weighted by Crippen LogP contribution is 2.25. The second kappa shape index (κ2) is 8.41. The van der Waals surface area contributed by atoms with Crippen LogP contribution in [0.2, 0.25) is 0 Å². The molecule has 0 aromatic carbocycles. The van der Waals surface area contributed by atoms with E-state index in [0.29, 0.717) is 17.4 Å². The van der Waals surface area contributed by atoms with Gasteiger partial charge in [-0.25, -0.2) is 15.0 Å². The number of ether oxygens (including phenoxy) is 1. The van der Waals surface area contributed by atoms with Gasteiger partial charge in [0.1, 0.15) is 12.2 Å². The average molecular weight is 373 g/mol. The first kappa shape index (κ1) is 17.8. The lowest BCUT2D eigenvalue weighted by molar-refractivity contribution is 0.166. The van der Waals surface area contributed by atoms with Crippen molar-refractivity contribution in [3.63, 3.8) is 0 Å². The van der Waals surface area contributed by atoms with Crippen molar-refractivity contribution in [3.8, 4) is 23.1 Å². The Morgan fingerprint density at radius 2 is 2.04 bits per heavy atom. The van der Waals surface area contributed by atoms with Crippen LogP contribution < -0.4 is 15.4 Å². The molecule has 0 radical (unpaired) electrons. The molecular weight excluding hydrogens is 354 g/mol. The number of hydrogen-bond donors (Lipinski definition) is 2. The molecule has 1 fully saturated rings. The summed E-state index contributed by atoms with van der Waals surface area (Å²) in [6, 6.07) is 9.52. The summed E-state index contributed by atoms with van der Waals surface area (Å²) in [5.41, 5.74) is 2.56. The van der Waals surface area contributed by atoms with Crippen molar-refractivity contribution in [2.45, 2.75) is 18.9 Å². The Bertz CT molecular complexity index is 964. The van der Waals surface area contributed by atoms with Crippen molar-refractivity contribution in [1.82, 2.24) is 25.3 Å². The quantitative estimate of drug-likeness (QED) is 0.703. The molecule has 2 N–H and O–H groups in total. The summed E-state index contributed by atoms with van der Waals surface area (Å²) in [5.74, 6) is 0.891. The first-order chi connectivity index (χ1) is 13.8. The van der Waals surface area contributed by atoms with Crippen LogP contribution in [0.3, 0.4) is 0 Å². The fraction of sp³-hybridized carbons (Fsp3) is 0.250. The number of aromatic nitrogens is 4. The van der Waals surface area contributed by atoms with Crippen LogP contribution in [0, 0.1) is 11.3 Å². The predicted molar refractivity (Wildman–Crippen MR) is 104 cm³/mol. The maximum Gasteiger partial charge on any atom is 0.227 e. The van der Waals surface area contributed by atoms with Crippen LogP contribution in [0.25, 0.3) is 11.3 Å². The van der Waals surface area contributed by atoms with Crippen molar-refractivity contribution < 1.29 is 4.74 Å². The highest BCUT2D eigenvalue weighted by atomic mass is 16.5. The summed E-state index contributed by atoms with van der Waals surface area (Å²) >= 11 is 0. The second-order valence-corrected chi connectivity index (χ2v) is 6.40. The lowest BCUT2D eigenvalue weighted by atomic mass is 10.1. The smallest absolute Gasteiger partial charge is 0.227 e. The summed E-state index contributed by atoms with van der Waals surface area (Å²) in [6.45, 7) is 1.76. The van der Waals surface area contributed by atoms with Crippen molar-refractivity contribution in [2.75, 3.05) is 18.4 Å². The topological polar surface area (TPSA) is 109 Å². The molecule has 8 heteroatoms. The summed E-state index contributed by atoms with van der Waals surface area (Å²) in [5, 5.41) is 15.7. The minimum atomic E-state index is 0.0341. The molecule has 0 saturated carbocycles. The number of hydrogen-bond acceptors (Lipinski definition) is 8. The van der Waals surface area contributed by atoms with Crippen LogP contribution in [0.5, 0.6) is 5.75 Å². The number of nitriles is 1. The van der Waals surface area contributed by atoms with Crippen LogP contribution in [-0.4, -0.2) is 39.1 Å². The first-order valence-electron chi connectivity index (χ1n) is 9.10. The third-order valence-corrected chi connectivity index (χ3v) is 4.37. The van der Waals surface area contributed by atoms with E-state index >= 15 is 0 Å². The Balaban J connectivity index is 1.50. The zero-order valence-electron chi connectivity index (χ0n) is 15.2. The molecular formula is C20H19N7O. The fourth-order valence-corrected chi connectivity index (χ4v) is 2.97. The van der Waals surface area contributed by atoms with Gasteiger partial charge in [0.05, 0.1) is 17.6 Å². The number of nitrogens with one attached hydrogen (secondary N) is 2. The molecule has 1 unspecified atom stereocenters. The maximum absolute atomic E-state index is 9.31. The van der Waals surface area contributed by atoms with Crippen LogP contribution in [0.4, 0.5) is 11.6 Å². The molecule has 0 aliphatic carbocycles. The van der Waals surface area contributed by atoms with E-state index in [0.717, 1.165) is 37.2 Å². The first-order valence-corrected chi connectivity index (χ1v) is 9.10. The van der Waals surface area contributed by atoms with Crippen molar-refractivity contribution in [2.24, 2.45) is 0 Å². The fourth-order valence-electron chi connectivity index (χ4n) is 2.97. The zero-order valence-corrected chi connectivity index (χ0v) is 15.2. The Morgan fingerprint density at radius 3 is 2.75 bits per heavy atom. The normalized spacial score (nSPS) is 16.2. The minimum Gasteiger partial charge on any atom is -0.486 e. The number of nitrogens with zero attached hydrogens (tertiary/aromatic N) is 5. The summed E-state index contributed by atoms with van der Waals surface area (Å²) in [6.07, 6.45) is 8.75. The van der Waals surface area contributed by atoms with E-state index < -0.39 is 0 Å². The van der Waals surface area contributed by atoms with Crippen LogP contribution in [0.15, 0.2) is 49.1 Å². The minimum absolute atomic E-state index is 0.0341. The molecule has 1 aliphatic rings. The van der Waals surface area contributed by atoms with Gasteiger partial charge in [-0.2, -0.15) is 5.26 Å². The van der Waals surface area contributed by atoms with E-state index in [1.165, 1.54) is 0 Å². The van der Waals surface area contributed by atoms with Gasteiger partial charge >= 0.3 is 0 Å². The van der Waals surface area contributed by atoms with E-state index in [4.69, 9.17) is 4.74 Å². The van der Waals surface area contributed by atoms with Gasteiger partial charge in [0, 0.05) is 36.8 Å². The monoisotopic (exact) mass is 373 g/mol. The van der Waals surface area contributed by atoms with Gasteiger partial charge in [0.2, 0.25) is 5.95 Å². The number of anilines is 2. The van der Waals surface area contributed by atoms with Gasteiger partial charge < -0.3 is 15.4 Å². The van der Waals surface area contributed by atoms with Crippen LogP contribution in [-0.2, 0) is 0 Å². The van der Waals surface area contributed by atoms with E-state index in [1.807, 2.05) is 18.2 Å². The number of piperidine rings is 1. The van der Waals surface area contributed by atoms with E-state index in [-0.39, 0.29) is 11.8 Å². The Labute approximate surface area is 162 Å². The number of pyridine rings is 2. The summed E-state index contributed by atoms with van der Waals surface area (Å²) in [4.78, 5) is 17.1. The molecule has 140 valence electrons. The van der Waals surface area contributed by atoms with E-state index in [1.54, 1.807) is 30.9 Å². The highest BCUT2D eigenvalue weighted by Gasteiger charge is 2.17. The molecule has 0 amide bonds. The Hall–Kier alpha value is -3.57. The van der Waals surface area contributed by atoms with Gasteiger partial charge in [-0.1, -0.05) is 6.07 Å². The van der Waals surface area contributed by atoms with E-state index in [2.05, 4.69) is 36.6 Å². The molecule has 4 rings (SSSR count). The molecule has 1 saturated heterocycles. The predicted octanol–water partition coefficient (Wildman–Crippen LogP) is 2.68. The standard InChI is InChI=1S/C20H19N7O/c21-9-18-19(28-16-4-3-6-22-13-16)8-15(12-24-18)27-20-25-10-14(11-26-20)17-5-1-2-7-23-17/h1-2,5,7-8,10-12,16,22H,3-4,6,13H2,(H,25,26,27). The third-order valence-electron chi connectivity index (χ3n) is 4.37. The van der Waals surface area contributed by atoms with E-state index in [9.17, 15) is 5.26 Å². The Kier molecular flexibility index (Phi) is 5.36. The highest BCUT2D eigenvalue weighted by molar-refractivity contribution is 5.60. The lowest BCUT2D eigenvalue weighted by Gasteiger charge is -2.24.